The zero-order valence-corrected chi connectivity index (χ0v) is 18.4. The second-order valence-electron chi connectivity index (χ2n) is 8.14. The van der Waals surface area contributed by atoms with Crippen LogP contribution in [-0.2, 0) is 4.74 Å². The van der Waals surface area contributed by atoms with E-state index in [9.17, 15) is 4.79 Å². The lowest BCUT2D eigenvalue weighted by atomic mass is 10.1. The fourth-order valence-electron chi connectivity index (χ4n) is 4.11. The van der Waals surface area contributed by atoms with Crippen molar-refractivity contribution in [3.8, 4) is 23.1 Å². The number of amides is 1. The number of aromatic amines is 1. The van der Waals surface area contributed by atoms with Crippen molar-refractivity contribution in [2.24, 2.45) is 0 Å². The van der Waals surface area contributed by atoms with Crippen molar-refractivity contribution >= 4 is 22.5 Å². The topological polar surface area (TPSA) is 75.5 Å². The number of hydrogen-bond acceptors (Lipinski definition) is 4. The molecule has 4 heterocycles. The molecule has 0 saturated carbocycles. The molecule has 1 saturated heterocycles. The standard InChI is InChI=1S/C27H21N5O2/c33-27(31-13-15-34-16-14-31)21-5-3-20(4-6-21)25-9-10-26-29-18-23(32(26)30-25)7-1-19-2-8-24-22(17-19)11-12-28-24/h2-6,8-12,17-18,28H,13-16H2. The molecule has 0 unspecified atom stereocenters. The largest absolute Gasteiger partial charge is 0.378 e. The Labute approximate surface area is 196 Å². The number of carbonyl (C=O) groups excluding carboxylic acids is 1. The van der Waals surface area contributed by atoms with Crippen LogP contribution in [0.4, 0.5) is 0 Å². The van der Waals surface area contributed by atoms with Gasteiger partial charge in [0.25, 0.3) is 5.91 Å². The fourth-order valence-corrected chi connectivity index (χ4v) is 4.11. The Bertz CT molecular complexity index is 1560. The summed E-state index contributed by atoms with van der Waals surface area (Å²) in [5.41, 5.74) is 5.83. The van der Waals surface area contributed by atoms with E-state index in [0.717, 1.165) is 33.4 Å². The lowest BCUT2D eigenvalue weighted by molar-refractivity contribution is 0.0303. The number of H-pyrrole nitrogens is 1. The van der Waals surface area contributed by atoms with E-state index < -0.39 is 0 Å². The molecule has 0 spiro atoms. The van der Waals surface area contributed by atoms with Crippen molar-refractivity contribution in [2.75, 3.05) is 26.3 Å². The number of morpholine rings is 1. The second-order valence-corrected chi connectivity index (χ2v) is 8.14. The molecule has 34 heavy (non-hydrogen) atoms. The average Bonchev–Trinajstić information content (AvgIpc) is 3.54. The van der Waals surface area contributed by atoms with Crippen LogP contribution >= 0.6 is 0 Å². The van der Waals surface area contributed by atoms with E-state index in [-0.39, 0.29) is 5.91 Å². The molecule has 1 N–H and O–H groups in total. The van der Waals surface area contributed by atoms with E-state index in [1.165, 1.54) is 0 Å². The molecule has 5 aromatic rings. The minimum absolute atomic E-state index is 0.0308. The van der Waals surface area contributed by atoms with Crippen molar-refractivity contribution in [3.63, 3.8) is 0 Å². The van der Waals surface area contributed by atoms with Gasteiger partial charge in [0.05, 0.1) is 25.1 Å². The van der Waals surface area contributed by atoms with Gasteiger partial charge in [-0.1, -0.05) is 18.1 Å². The summed E-state index contributed by atoms with van der Waals surface area (Å²) in [4.78, 5) is 22.1. The van der Waals surface area contributed by atoms with Crippen LogP contribution in [0.15, 0.2) is 73.1 Å². The number of carbonyl (C=O) groups is 1. The predicted molar refractivity (Wildman–Crippen MR) is 129 cm³/mol. The van der Waals surface area contributed by atoms with E-state index in [4.69, 9.17) is 9.84 Å². The molecule has 0 bridgehead atoms. The molecule has 0 radical (unpaired) electrons. The van der Waals surface area contributed by atoms with Gasteiger partial charge in [-0.3, -0.25) is 4.79 Å². The first-order valence-corrected chi connectivity index (χ1v) is 11.2. The summed E-state index contributed by atoms with van der Waals surface area (Å²) in [5.74, 6) is 6.44. The first-order valence-electron chi connectivity index (χ1n) is 11.2. The van der Waals surface area contributed by atoms with Crippen LogP contribution in [0.25, 0.3) is 27.8 Å². The van der Waals surface area contributed by atoms with Gasteiger partial charge < -0.3 is 14.6 Å². The van der Waals surface area contributed by atoms with Crippen molar-refractivity contribution in [1.29, 1.82) is 0 Å². The minimum atomic E-state index is 0.0308. The molecule has 1 fully saturated rings. The molecule has 7 nitrogen and oxygen atoms in total. The Kier molecular flexibility index (Phi) is 5.06. The first-order chi connectivity index (χ1) is 16.7. The van der Waals surface area contributed by atoms with Gasteiger partial charge >= 0.3 is 0 Å². The number of ether oxygens (including phenoxy) is 1. The lowest BCUT2D eigenvalue weighted by Crippen LogP contribution is -2.40. The summed E-state index contributed by atoms with van der Waals surface area (Å²) in [6.07, 6.45) is 3.65. The highest BCUT2D eigenvalue weighted by Crippen LogP contribution is 2.20. The average molecular weight is 447 g/mol. The molecule has 166 valence electrons. The Morgan fingerprint density at radius 2 is 1.82 bits per heavy atom. The SMILES string of the molecule is O=C(c1ccc(-c2ccc3ncc(C#Cc4ccc5[nH]ccc5c4)n3n2)cc1)N1CCOCC1. The Hall–Kier alpha value is -4.41. The van der Waals surface area contributed by atoms with Crippen molar-refractivity contribution in [3.05, 3.63) is 89.9 Å². The number of aromatic nitrogens is 4. The number of nitrogens with one attached hydrogen (secondary N) is 1. The van der Waals surface area contributed by atoms with E-state index in [2.05, 4.69) is 27.9 Å². The van der Waals surface area contributed by atoms with Crippen molar-refractivity contribution in [2.45, 2.75) is 0 Å². The third-order valence-electron chi connectivity index (χ3n) is 5.98. The third kappa shape index (κ3) is 3.81. The van der Waals surface area contributed by atoms with Crippen LogP contribution in [0.3, 0.4) is 0 Å². The van der Waals surface area contributed by atoms with Crippen LogP contribution in [0.5, 0.6) is 0 Å². The van der Waals surface area contributed by atoms with Gasteiger partial charge in [-0.2, -0.15) is 5.10 Å². The number of nitrogens with zero attached hydrogens (tertiary/aromatic N) is 4. The van der Waals surface area contributed by atoms with Crippen molar-refractivity contribution in [1.82, 2.24) is 24.5 Å². The molecule has 1 aliphatic rings. The monoisotopic (exact) mass is 447 g/mol. The van der Waals surface area contributed by atoms with Crippen LogP contribution in [0.1, 0.15) is 21.6 Å². The summed E-state index contributed by atoms with van der Waals surface area (Å²) in [6.45, 7) is 2.43. The predicted octanol–water partition coefficient (Wildman–Crippen LogP) is 3.75. The summed E-state index contributed by atoms with van der Waals surface area (Å²) in [5, 5.41) is 5.88. The summed E-state index contributed by atoms with van der Waals surface area (Å²) in [7, 11) is 0. The first kappa shape index (κ1) is 20.2. The molecule has 0 atom stereocenters. The van der Waals surface area contributed by atoms with Gasteiger partial charge in [0.15, 0.2) is 5.65 Å². The van der Waals surface area contributed by atoms with Crippen LogP contribution in [0.2, 0.25) is 0 Å². The zero-order valence-electron chi connectivity index (χ0n) is 18.4. The molecular weight excluding hydrogens is 426 g/mol. The van der Waals surface area contributed by atoms with Gasteiger partial charge in [0, 0.05) is 46.9 Å². The summed E-state index contributed by atoms with van der Waals surface area (Å²) >= 11 is 0. The number of imidazole rings is 1. The zero-order chi connectivity index (χ0) is 22.9. The van der Waals surface area contributed by atoms with E-state index >= 15 is 0 Å². The van der Waals surface area contributed by atoms with Gasteiger partial charge in [0.1, 0.15) is 5.69 Å². The molecule has 2 aromatic carbocycles. The van der Waals surface area contributed by atoms with Crippen molar-refractivity contribution < 1.29 is 9.53 Å². The Balaban J connectivity index is 1.27. The number of benzene rings is 2. The normalized spacial score (nSPS) is 13.7. The van der Waals surface area contributed by atoms with Gasteiger partial charge in [-0.05, 0) is 54.5 Å². The molecule has 1 amide bonds. The van der Waals surface area contributed by atoms with Crippen LogP contribution in [0, 0.1) is 11.8 Å². The van der Waals surface area contributed by atoms with Gasteiger partial charge in [-0.15, -0.1) is 0 Å². The molecular formula is C27H21N5O2. The van der Waals surface area contributed by atoms with E-state index in [1.54, 1.807) is 10.7 Å². The fraction of sp³-hybridized carbons (Fsp3) is 0.148. The Morgan fingerprint density at radius 3 is 2.68 bits per heavy atom. The number of rotatable bonds is 2. The maximum Gasteiger partial charge on any atom is 0.254 e. The summed E-state index contributed by atoms with van der Waals surface area (Å²) < 4.78 is 7.09. The van der Waals surface area contributed by atoms with Crippen LogP contribution < -0.4 is 0 Å². The number of hydrogen-bond donors (Lipinski definition) is 1. The third-order valence-corrected chi connectivity index (χ3v) is 5.98. The smallest absolute Gasteiger partial charge is 0.254 e. The highest BCUT2D eigenvalue weighted by Gasteiger charge is 2.18. The maximum absolute atomic E-state index is 12.7. The highest BCUT2D eigenvalue weighted by molar-refractivity contribution is 5.94. The second kappa shape index (κ2) is 8.50. The minimum Gasteiger partial charge on any atom is -0.378 e. The maximum atomic E-state index is 12.7. The Morgan fingerprint density at radius 1 is 0.971 bits per heavy atom. The van der Waals surface area contributed by atoms with Crippen LogP contribution in [-0.4, -0.2) is 56.7 Å². The molecule has 1 aliphatic heterocycles. The summed E-state index contributed by atoms with van der Waals surface area (Å²) in [6, 6.07) is 19.5. The molecule has 6 rings (SSSR count). The lowest BCUT2D eigenvalue weighted by Gasteiger charge is -2.26. The van der Waals surface area contributed by atoms with E-state index in [0.29, 0.717) is 37.6 Å². The van der Waals surface area contributed by atoms with Gasteiger partial charge in [0.2, 0.25) is 0 Å². The highest BCUT2D eigenvalue weighted by atomic mass is 16.5. The number of fused-ring (bicyclic) bond motifs is 2. The molecule has 7 heteroatoms. The quantitative estimate of drug-likeness (QED) is 0.418. The van der Waals surface area contributed by atoms with Gasteiger partial charge in [-0.25, -0.2) is 9.50 Å². The molecule has 3 aromatic heterocycles. The molecule has 0 aliphatic carbocycles. The van der Waals surface area contributed by atoms with E-state index in [1.807, 2.05) is 65.7 Å².